The molecule has 0 aromatic heterocycles. The third-order valence-corrected chi connectivity index (χ3v) is 5.65. The van der Waals surface area contributed by atoms with Crippen LogP contribution in [0.2, 0.25) is 0 Å². The maximum Gasteiger partial charge on any atom is 0.162 e. The smallest absolute Gasteiger partial charge is 0.162 e. The van der Waals surface area contributed by atoms with Crippen LogP contribution in [0.15, 0.2) is 24.3 Å². The van der Waals surface area contributed by atoms with Crippen molar-refractivity contribution in [2.75, 3.05) is 33.2 Å². The van der Waals surface area contributed by atoms with Crippen molar-refractivity contribution in [3.63, 3.8) is 0 Å². The number of rotatable bonds is 5. The molecule has 0 unspecified atom stereocenters. The average molecular weight is 332 g/mol. The molecule has 2 aliphatic heterocycles. The first kappa shape index (κ1) is 17.2. The third kappa shape index (κ3) is 3.42. The van der Waals surface area contributed by atoms with E-state index in [0.29, 0.717) is 24.2 Å². The van der Waals surface area contributed by atoms with E-state index in [1.54, 1.807) is 12.1 Å². The van der Waals surface area contributed by atoms with Gasteiger partial charge in [-0.1, -0.05) is 0 Å². The molecule has 3 rings (SSSR count). The molecule has 0 bridgehead atoms. The Morgan fingerprint density at radius 3 is 2.42 bits per heavy atom. The summed E-state index contributed by atoms with van der Waals surface area (Å²) < 4.78 is 12.9. The summed E-state index contributed by atoms with van der Waals surface area (Å²) in [5.41, 5.74) is 0.354. The Kier molecular flexibility index (Phi) is 5.11. The second-order valence-corrected chi connectivity index (χ2v) is 7.00. The second-order valence-electron chi connectivity index (χ2n) is 7.00. The highest BCUT2D eigenvalue weighted by Crippen LogP contribution is 2.34. The maximum atomic E-state index is 12.9. The number of piperidine rings is 1. The molecule has 1 aromatic rings. The summed E-state index contributed by atoms with van der Waals surface area (Å²) in [6.45, 7) is 3.59. The molecule has 2 saturated heterocycles. The molecule has 0 aliphatic carbocycles. The van der Waals surface area contributed by atoms with Gasteiger partial charge in [0.1, 0.15) is 5.82 Å². The van der Waals surface area contributed by atoms with Crippen LogP contribution in [0.3, 0.4) is 0 Å². The predicted molar refractivity (Wildman–Crippen MR) is 90.6 cm³/mol. The largest absolute Gasteiger partial charge is 0.303 e. The summed E-state index contributed by atoms with van der Waals surface area (Å²) in [5.74, 6) is 0.144. The van der Waals surface area contributed by atoms with Crippen molar-refractivity contribution in [1.82, 2.24) is 9.80 Å². The number of hydrogen-bond donors (Lipinski definition) is 0. The number of nitrogens with zero attached hydrogens (tertiary/aromatic N) is 2. The Balaban J connectivity index is 1.43. The van der Waals surface area contributed by atoms with E-state index >= 15 is 0 Å². The lowest BCUT2D eigenvalue weighted by Gasteiger charge is -2.42. The van der Waals surface area contributed by atoms with E-state index in [0.717, 1.165) is 45.4 Å². The van der Waals surface area contributed by atoms with Crippen LogP contribution in [0.5, 0.6) is 0 Å². The third-order valence-electron chi connectivity index (χ3n) is 5.65. The van der Waals surface area contributed by atoms with E-state index in [1.807, 2.05) is 0 Å². The van der Waals surface area contributed by atoms with Gasteiger partial charge >= 0.3 is 0 Å². The van der Waals surface area contributed by atoms with Gasteiger partial charge in [0.05, 0.1) is 5.54 Å². The number of likely N-dealkylation sites (tertiary alicyclic amines) is 2. The van der Waals surface area contributed by atoms with Crippen LogP contribution in [0.4, 0.5) is 4.39 Å². The highest BCUT2D eigenvalue weighted by atomic mass is 19.1. The standard InChI is InChI=1S/C19H25FN2O2/c1-21-12-8-18(24)19(21)9-13-22(14-10-19)11-2-3-17(23)15-4-6-16(20)7-5-15/h4-7H,2-3,8-14H2,1H3. The van der Waals surface area contributed by atoms with Crippen molar-refractivity contribution in [2.24, 2.45) is 0 Å². The van der Waals surface area contributed by atoms with Crippen LogP contribution in [0.25, 0.3) is 0 Å². The number of hydrogen-bond acceptors (Lipinski definition) is 4. The quantitative estimate of drug-likeness (QED) is 0.777. The van der Waals surface area contributed by atoms with Gasteiger partial charge in [0.25, 0.3) is 0 Å². The Morgan fingerprint density at radius 1 is 1.17 bits per heavy atom. The molecular formula is C19H25FN2O2. The van der Waals surface area contributed by atoms with E-state index in [1.165, 1.54) is 12.1 Å². The summed E-state index contributed by atoms with van der Waals surface area (Å²) in [7, 11) is 2.06. The van der Waals surface area contributed by atoms with Gasteiger partial charge in [-0.2, -0.15) is 0 Å². The van der Waals surface area contributed by atoms with Crippen LogP contribution in [0.1, 0.15) is 42.5 Å². The first-order valence-electron chi connectivity index (χ1n) is 8.77. The number of Topliss-reactive ketones (excluding diaryl/α,β-unsaturated/α-hetero) is 2. The monoisotopic (exact) mass is 332 g/mol. The van der Waals surface area contributed by atoms with Crippen LogP contribution in [-0.2, 0) is 4.79 Å². The molecule has 0 saturated carbocycles. The first-order chi connectivity index (χ1) is 11.5. The predicted octanol–water partition coefficient (Wildman–Crippen LogP) is 2.53. The Bertz CT molecular complexity index is 606. The summed E-state index contributed by atoms with van der Waals surface area (Å²) in [6.07, 6.45) is 3.75. The van der Waals surface area contributed by atoms with Gasteiger partial charge in [0.15, 0.2) is 11.6 Å². The lowest BCUT2D eigenvalue weighted by molar-refractivity contribution is -0.127. The van der Waals surface area contributed by atoms with Gasteiger partial charge in [0, 0.05) is 38.0 Å². The van der Waals surface area contributed by atoms with Crippen molar-refractivity contribution >= 4 is 11.6 Å². The fourth-order valence-corrected chi connectivity index (χ4v) is 3.98. The minimum absolute atomic E-state index is 0.0641. The summed E-state index contributed by atoms with van der Waals surface area (Å²) in [6, 6.07) is 5.74. The molecule has 2 aliphatic rings. The maximum absolute atomic E-state index is 12.9. The Labute approximate surface area is 142 Å². The number of likely N-dealkylation sites (N-methyl/N-ethyl adjacent to an activating group) is 1. The first-order valence-corrected chi connectivity index (χ1v) is 8.77. The van der Waals surface area contributed by atoms with Gasteiger partial charge in [0.2, 0.25) is 0 Å². The molecule has 0 amide bonds. The average Bonchev–Trinajstić information content (AvgIpc) is 2.85. The van der Waals surface area contributed by atoms with Crippen molar-refractivity contribution in [3.8, 4) is 0 Å². The van der Waals surface area contributed by atoms with Crippen molar-refractivity contribution in [3.05, 3.63) is 35.6 Å². The molecule has 4 nitrogen and oxygen atoms in total. The van der Waals surface area contributed by atoms with Crippen LogP contribution >= 0.6 is 0 Å². The van der Waals surface area contributed by atoms with Gasteiger partial charge in [-0.05, 0) is 57.1 Å². The zero-order valence-electron chi connectivity index (χ0n) is 14.3. The van der Waals surface area contributed by atoms with Crippen LogP contribution in [-0.4, -0.2) is 60.1 Å². The summed E-state index contributed by atoms with van der Waals surface area (Å²) in [4.78, 5) is 28.9. The van der Waals surface area contributed by atoms with Gasteiger partial charge in [-0.25, -0.2) is 4.39 Å². The molecule has 1 spiro atoms. The van der Waals surface area contributed by atoms with Crippen molar-refractivity contribution < 1.29 is 14.0 Å². The van der Waals surface area contributed by atoms with E-state index in [9.17, 15) is 14.0 Å². The number of benzene rings is 1. The minimum atomic E-state index is -0.319. The van der Waals surface area contributed by atoms with Gasteiger partial charge < -0.3 is 4.90 Å². The van der Waals surface area contributed by atoms with Crippen molar-refractivity contribution in [1.29, 1.82) is 0 Å². The highest BCUT2D eigenvalue weighted by Gasteiger charge is 2.47. The molecule has 1 aromatic carbocycles. The zero-order chi connectivity index (χ0) is 17.2. The fourth-order valence-electron chi connectivity index (χ4n) is 3.98. The van der Waals surface area contributed by atoms with Crippen molar-refractivity contribution in [2.45, 2.75) is 37.6 Å². The highest BCUT2D eigenvalue weighted by molar-refractivity contribution is 5.96. The van der Waals surface area contributed by atoms with Gasteiger partial charge in [-0.3, -0.25) is 14.5 Å². The summed E-state index contributed by atoms with van der Waals surface area (Å²) >= 11 is 0. The number of halogens is 1. The number of carbonyl (C=O) groups is 2. The molecule has 0 radical (unpaired) electrons. The van der Waals surface area contributed by atoms with E-state index in [4.69, 9.17) is 0 Å². The molecule has 2 fully saturated rings. The topological polar surface area (TPSA) is 40.6 Å². The molecule has 130 valence electrons. The van der Waals surface area contributed by atoms with Gasteiger partial charge in [-0.15, -0.1) is 0 Å². The Hall–Kier alpha value is -1.59. The molecule has 0 N–H and O–H groups in total. The van der Waals surface area contributed by atoms with Crippen LogP contribution in [0, 0.1) is 5.82 Å². The van der Waals surface area contributed by atoms with E-state index < -0.39 is 0 Å². The molecular weight excluding hydrogens is 307 g/mol. The van der Waals surface area contributed by atoms with E-state index in [2.05, 4.69) is 16.8 Å². The molecule has 5 heteroatoms. The minimum Gasteiger partial charge on any atom is -0.303 e. The molecule has 0 atom stereocenters. The number of ketones is 2. The zero-order valence-corrected chi connectivity index (χ0v) is 14.3. The second kappa shape index (κ2) is 7.11. The lowest BCUT2D eigenvalue weighted by Crippen LogP contribution is -2.54. The van der Waals surface area contributed by atoms with Crippen LogP contribution < -0.4 is 0 Å². The normalized spacial score (nSPS) is 21.5. The summed E-state index contributed by atoms with van der Waals surface area (Å²) in [5, 5.41) is 0. The molecule has 24 heavy (non-hydrogen) atoms. The SMILES string of the molecule is CN1CCC(=O)C12CCN(CCCC(=O)c1ccc(F)cc1)CC2. The Morgan fingerprint density at radius 2 is 1.83 bits per heavy atom. The number of carbonyl (C=O) groups excluding carboxylic acids is 2. The van der Waals surface area contributed by atoms with E-state index in [-0.39, 0.29) is 17.1 Å². The fraction of sp³-hybridized carbons (Fsp3) is 0.579. The lowest BCUT2D eigenvalue weighted by atomic mass is 9.84. The molecule has 2 heterocycles.